The zero-order valence-corrected chi connectivity index (χ0v) is 13.8. The molecule has 0 aliphatic carbocycles. The van der Waals surface area contributed by atoms with Gasteiger partial charge in [-0.05, 0) is 45.7 Å². The van der Waals surface area contributed by atoms with Gasteiger partial charge in [-0.25, -0.2) is 4.98 Å². The van der Waals surface area contributed by atoms with Gasteiger partial charge in [0.1, 0.15) is 0 Å². The highest BCUT2D eigenvalue weighted by Gasteiger charge is 2.41. The Balaban J connectivity index is 2.19. The van der Waals surface area contributed by atoms with Crippen molar-refractivity contribution in [2.75, 3.05) is 13.1 Å². The Morgan fingerprint density at radius 1 is 1.40 bits per heavy atom. The molecule has 2 rings (SSSR count). The van der Waals surface area contributed by atoms with E-state index >= 15 is 0 Å². The third-order valence-corrected chi connectivity index (χ3v) is 5.71. The first-order valence-electron chi connectivity index (χ1n) is 7.78. The van der Waals surface area contributed by atoms with E-state index in [2.05, 4.69) is 41.5 Å². The van der Waals surface area contributed by atoms with Gasteiger partial charge in [0.15, 0.2) is 0 Å². The summed E-state index contributed by atoms with van der Waals surface area (Å²) in [5.74, 6) is 5.93. The third-order valence-electron chi connectivity index (χ3n) is 4.89. The van der Waals surface area contributed by atoms with E-state index in [0.29, 0.717) is 0 Å². The van der Waals surface area contributed by atoms with E-state index in [1.54, 1.807) is 11.3 Å². The van der Waals surface area contributed by atoms with Crippen molar-refractivity contribution < 1.29 is 0 Å². The van der Waals surface area contributed by atoms with Crippen molar-refractivity contribution >= 4 is 11.3 Å². The second-order valence-electron chi connectivity index (χ2n) is 5.79. The molecule has 0 aromatic carbocycles. The van der Waals surface area contributed by atoms with Crippen LogP contribution in [0.3, 0.4) is 0 Å². The van der Waals surface area contributed by atoms with Crippen molar-refractivity contribution in [1.82, 2.24) is 15.3 Å². The van der Waals surface area contributed by atoms with Crippen LogP contribution in [-0.4, -0.2) is 34.6 Å². The lowest BCUT2D eigenvalue weighted by molar-refractivity contribution is 0.0617. The molecule has 4 nitrogen and oxygen atoms in total. The highest BCUT2D eigenvalue weighted by atomic mass is 32.1. The summed E-state index contributed by atoms with van der Waals surface area (Å²) < 4.78 is 0. The summed E-state index contributed by atoms with van der Waals surface area (Å²) in [4.78, 5) is 7.26. The topological polar surface area (TPSA) is 54.2 Å². The largest absolute Gasteiger partial charge is 0.296 e. The number of likely N-dealkylation sites (tertiary alicyclic amines) is 1. The average Bonchev–Trinajstić information content (AvgIpc) is 3.11. The molecule has 0 radical (unpaired) electrons. The van der Waals surface area contributed by atoms with Crippen LogP contribution in [0.5, 0.6) is 0 Å². The number of nitrogens with one attached hydrogen (secondary N) is 1. The summed E-state index contributed by atoms with van der Waals surface area (Å²) >= 11 is 1.72. The van der Waals surface area contributed by atoms with E-state index in [1.165, 1.54) is 31.6 Å². The van der Waals surface area contributed by atoms with E-state index < -0.39 is 0 Å². The second-order valence-corrected chi connectivity index (χ2v) is 6.85. The molecule has 2 heterocycles. The Morgan fingerprint density at radius 2 is 2.05 bits per heavy atom. The van der Waals surface area contributed by atoms with Gasteiger partial charge < -0.3 is 0 Å². The predicted molar refractivity (Wildman–Crippen MR) is 85.8 cm³/mol. The predicted octanol–water partition coefficient (Wildman–Crippen LogP) is 2.48. The Kier molecular flexibility index (Phi) is 5.55. The first kappa shape index (κ1) is 15.9. The van der Waals surface area contributed by atoms with Gasteiger partial charge in [0.25, 0.3) is 0 Å². The van der Waals surface area contributed by atoms with Gasteiger partial charge in [0.2, 0.25) is 0 Å². The van der Waals surface area contributed by atoms with E-state index in [-0.39, 0.29) is 11.6 Å². The van der Waals surface area contributed by atoms with Crippen molar-refractivity contribution in [3.8, 4) is 0 Å². The number of nitrogens with zero attached hydrogens (tertiary/aromatic N) is 2. The van der Waals surface area contributed by atoms with Crippen molar-refractivity contribution in [3.05, 3.63) is 16.1 Å². The number of aromatic nitrogens is 1. The highest BCUT2D eigenvalue weighted by Crippen LogP contribution is 2.32. The number of nitrogens with two attached hydrogens (primary N) is 1. The first-order valence-corrected chi connectivity index (χ1v) is 8.66. The van der Waals surface area contributed by atoms with E-state index in [9.17, 15) is 0 Å². The fraction of sp³-hybridized carbons (Fsp3) is 0.800. The monoisotopic (exact) mass is 296 g/mol. The maximum atomic E-state index is 5.93. The number of hydrogen-bond donors (Lipinski definition) is 2. The van der Waals surface area contributed by atoms with E-state index in [1.807, 2.05) is 0 Å². The quantitative estimate of drug-likeness (QED) is 0.599. The molecule has 5 heteroatoms. The van der Waals surface area contributed by atoms with Crippen LogP contribution in [0.4, 0.5) is 0 Å². The van der Waals surface area contributed by atoms with Gasteiger partial charge in [-0.3, -0.25) is 16.2 Å². The summed E-state index contributed by atoms with van der Waals surface area (Å²) in [6, 6.07) is 0.261. The summed E-state index contributed by atoms with van der Waals surface area (Å²) in [6.07, 6.45) is 5.80. The maximum absolute atomic E-state index is 5.93. The summed E-state index contributed by atoms with van der Waals surface area (Å²) in [5.41, 5.74) is 4.43. The molecule has 1 aliphatic heterocycles. The van der Waals surface area contributed by atoms with Crippen molar-refractivity contribution in [3.63, 3.8) is 0 Å². The molecular weight excluding hydrogens is 268 g/mol. The van der Waals surface area contributed by atoms with Crippen LogP contribution in [-0.2, 0) is 6.42 Å². The van der Waals surface area contributed by atoms with Crippen molar-refractivity contribution in [1.29, 1.82) is 0 Å². The molecule has 3 N–H and O–H groups in total. The molecule has 20 heavy (non-hydrogen) atoms. The van der Waals surface area contributed by atoms with Gasteiger partial charge in [-0.15, -0.1) is 11.3 Å². The molecule has 0 spiro atoms. The Labute approximate surface area is 126 Å². The van der Waals surface area contributed by atoms with E-state index in [4.69, 9.17) is 5.84 Å². The highest BCUT2D eigenvalue weighted by molar-refractivity contribution is 7.09. The lowest BCUT2D eigenvalue weighted by Crippen LogP contribution is -2.62. The lowest BCUT2D eigenvalue weighted by atomic mass is 9.81. The molecule has 0 amide bonds. The minimum absolute atomic E-state index is 0.156. The molecule has 1 fully saturated rings. The van der Waals surface area contributed by atoms with Crippen LogP contribution in [0.25, 0.3) is 0 Å². The smallest absolute Gasteiger partial charge is 0.0897 e. The number of aryl methyl sites for hydroxylation is 1. The number of hydrazine groups is 1. The van der Waals surface area contributed by atoms with Crippen LogP contribution in [0, 0.1) is 6.92 Å². The van der Waals surface area contributed by atoms with E-state index in [0.717, 1.165) is 24.3 Å². The molecule has 1 saturated heterocycles. The number of thiazole rings is 1. The number of rotatable bonds is 7. The van der Waals surface area contributed by atoms with Crippen LogP contribution in [0.1, 0.15) is 50.2 Å². The second kappa shape index (κ2) is 6.98. The van der Waals surface area contributed by atoms with Gasteiger partial charge in [0, 0.05) is 23.4 Å². The van der Waals surface area contributed by atoms with Crippen molar-refractivity contribution in [2.45, 2.75) is 64.5 Å². The fourth-order valence-corrected chi connectivity index (χ4v) is 4.31. The summed E-state index contributed by atoms with van der Waals surface area (Å²) in [5, 5.41) is 3.30. The zero-order chi connectivity index (χ0) is 14.6. The first-order chi connectivity index (χ1) is 9.66. The lowest BCUT2D eigenvalue weighted by Gasteiger charge is -2.46. The minimum Gasteiger partial charge on any atom is -0.296 e. The Hall–Kier alpha value is -0.490. The van der Waals surface area contributed by atoms with Gasteiger partial charge >= 0.3 is 0 Å². The third kappa shape index (κ3) is 3.06. The zero-order valence-electron chi connectivity index (χ0n) is 13.0. The molecule has 1 aromatic rings. The Morgan fingerprint density at radius 3 is 2.50 bits per heavy atom. The molecule has 1 atom stereocenters. The maximum Gasteiger partial charge on any atom is 0.0897 e. The molecule has 0 bridgehead atoms. The normalized spacial score (nSPS) is 18.6. The minimum atomic E-state index is 0.156. The van der Waals surface area contributed by atoms with Crippen LogP contribution < -0.4 is 11.3 Å². The summed E-state index contributed by atoms with van der Waals surface area (Å²) in [7, 11) is 0. The molecule has 114 valence electrons. The molecule has 0 saturated carbocycles. The Bertz CT molecular complexity index is 408. The molecule has 1 unspecified atom stereocenters. The summed E-state index contributed by atoms with van der Waals surface area (Å²) in [6.45, 7) is 9.05. The standard InChI is InChI=1S/C15H28N4S/c1-4-15(5-2,19-8-6-7-9-19)14(18-16)10-13-11-20-12(3)17-13/h11,14,18H,4-10,16H2,1-3H3. The molecular formula is C15H28N4S. The van der Waals surface area contributed by atoms with Gasteiger partial charge in [-0.2, -0.15) is 0 Å². The van der Waals surface area contributed by atoms with Crippen LogP contribution in [0.15, 0.2) is 5.38 Å². The van der Waals surface area contributed by atoms with Crippen LogP contribution in [0.2, 0.25) is 0 Å². The molecule has 1 aliphatic rings. The number of hydrogen-bond acceptors (Lipinski definition) is 5. The molecule has 1 aromatic heterocycles. The SMILES string of the molecule is CCC(CC)(C(Cc1csc(C)n1)NN)N1CCCC1. The van der Waals surface area contributed by atoms with Gasteiger partial charge in [0.05, 0.1) is 10.7 Å². The fourth-order valence-electron chi connectivity index (χ4n) is 3.69. The average molecular weight is 296 g/mol. The van der Waals surface area contributed by atoms with Gasteiger partial charge in [-0.1, -0.05) is 13.8 Å². The van der Waals surface area contributed by atoms with Crippen LogP contribution >= 0.6 is 11.3 Å². The van der Waals surface area contributed by atoms with Crippen molar-refractivity contribution in [2.24, 2.45) is 5.84 Å².